The van der Waals surface area contributed by atoms with Crippen molar-refractivity contribution in [1.82, 2.24) is 14.9 Å². The maximum absolute atomic E-state index is 9.40. The number of imidazole rings is 1. The number of hydrogen-bond donors (Lipinski definition) is 2. The predicted molar refractivity (Wildman–Crippen MR) is 67.4 cm³/mol. The zero-order chi connectivity index (χ0) is 12.4. The summed E-state index contributed by atoms with van der Waals surface area (Å²) in [6, 6.07) is 0.360. The molecule has 0 aromatic carbocycles. The van der Waals surface area contributed by atoms with E-state index in [1.165, 1.54) is 18.5 Å². The van der Waals surface area contributed by atoms with E-state index in [4.69, 9.17) is 4.74 Å². The van der Waals surface area contributed by atoms with Gasteiger partial charge in [0, 0.05) is 31.2 Å². The van der Waals surface area contributed by atoms with Gasteiger partial charge in [-0.05, 0) is 19.3 Å². The Hall–Kier alpha value is -0.910. The smallest absolute Gasteiger partial charge is 0.110 e. The molecule has 1 aromatic rings. The molecule has 5 heteroatoms. The Morgan fingerprint density at radius 2 is 2.39 bits per heavy atom. The van der Waals surface area contributed by atoms with Crippen LogP contribution in [-0.2, 0) is 30.7 Å². The average Bonchev–Trinajstić information content (AvgIpc) is 2.78. The van der Waals surface area contributed by atoms with Crippen LogP contribution in [0.1, 0.15) is 30.1 Å². The summed E-state index contributed by atoms with van der Waals surface area (Å²) in [5, 5.41) is 12.9. The maximum Gasteiger partial charge on any atom is 0.110 e. The van der Waals surface area contributed by atoms with Gasteiger partial charge in [0.25, 0.3) is 0 Å². The van der Waals surface area contributed by atoms with Gasteiger partial charge in [-0.15, -0.1) is 0 Å². The van der Waals surface area contributed by atoms with Gasteiger partial charge in [0.15, 0.2) is 0 Å². The molecule has 1 unspecified atom stereocenters. The van der Waals surface area contributed by atoms with Crippen molar-refractivity contribution in [2.24, 2.45) is 0 Å². The normalized spacial score (nSPS) is 23.9. The van der Waals surface area contributed by atoms with Gasteiger partial charge in [-0.3, -0.25) is 0 Å². The van der Waals surface area contributed by atoms with Crippen molar-refractivity contribution in [3.05, 3.63) is 17.2 Å². The fourth-order valence-corrected chi connectivity index (χ4v) is 2.95. The Morgan fingerprint density at radius 1 is 1.44 bits per heavy atom. The number of nitrogens with zero attached hydrogens (tertiary/aromatic N) is 2. The quantitative estimate of drug-likeness (QED) is 0.808. The summed E-state index contributed by atoms with van der Waals surface area (Å²) in [4.78, 5) is 4.62. The first kappa shape index (κ1) is 12.1. The molecule has 3 heterocycles. The Kier molecular flexibility index (Phi) is 3.63. The van der Waals surface area contributed by atoms with E-state index in [1.54, 1.807) is 0 Å². The third-order valence-corrected chi connectivity index (χ3v) is 3.86. The van der Waals surface area contributed by atoms with Gasteiger partial charge in [-0.1, -0.05) is 0 Å². The monoisotopic (exact) mass is 251 g/mol. The summed E-state index contributed by atoms with van der Waals surface area (Å²) in [5.74, 6) is 1.11. The van der Waals surface area contributed by atoms with Crippen LogP contribution in [0.5, 0.6) is 0 Å². The van der Waals surface area contributed by atoms with E-state index in [1.807, 2.05) is 0 Å². The summed E-state index contributed by atoms with van der Waals surface area (Å²) < 4.78 is 7.79. The molecule has 18 heavy (non-hydrogen) atoms. The van der Waals surface area contributed by atoms with Crippen molar-refractivity contribution >= 4 is 0 Å². The molecule has 0 spiro atoms. The summed E-state index contributed by atoms with van der Waals surface area (Å²) in [6.45, 7) is 3.59. The van der Waals surface area contributed by atoms with Crippen LogP contribution in [0.4, 0.5) is 0 Å². The van der Waals surface area contributed by atoms with Crippen LogP contribution in [0.15, 0.2) is 0 Å². The van der Waals surface area contributed by atoms with Crippen molar-refractivity contribution in [2.45, 2.75) is 44.9 Å². The zero-order valence-corrected chi connectivity index (χ0v) is 10.7. The van der Waals surface area contributed by atoms with Gasteiger partial charge in [0.1, 0.15) is 5.82 Å². The fourth-order valence-electron chi connectivity index (χ4n) is 2.95. The third-order valence-electron chi connectivity index (χ3n) is 3.86. The molecule has 2 aliphatic heterocycles. The number of rotatable bonds is 3. The van der Waals surface area contributed by atoms with Gasteiger partial charge in [-0.2, -0.15) is 0 Å². The van der Waals surface area contributed by atoms with Crippen LogP contribution in [0.2, 0.25) is 0 Å². The van der Waals surface area contributed by atoms with Crippen molar-refractivity contribution in [1.29, 1.82) is 0 Å². The van der Waals surface area contributed by atoms with Crippen LogP contribution >= 0.6 is 0 Å². The molecule has 1 atom stereocenters. The second kappa shape index (κ2) is 5.38. The molecule has 2 N–H and O–H groups in total. The second-order valence-electron chi connectivity index (χ2n) is 5.12. The molecule has 100 valence electrons. The summed E-state index contributed by atoms with van der Waals surface area (Å²) >= 11 is 0. The second-order valence-corrected chi connectivity index (χ2v) is 5.12. The maximum atomic E-state index is 9.40. The standard InChI is InChI=1S/C13H21N3O2/c17-8-11-12-3-1-2-5-16(12)13(15-11)7-10-9-18-6-4-14-10/h10,14,17H,1-9H2. The first-order valence-electron chi connectivity index (χ1n) is 6.87. The highest BCUT2D eigenvalue weighted by atomic mass is 16.5. The lowest BCUT2D eigenvalue weighted by Crippen LogP contribution is -2.43. The third kappa shape index (κ3) is 2.30. The van der Waals surface area contributed by atoms with E-state index in [0.717, 1.165) is 50.7 Å². The number of ether oxygens (including phenoxy) is 1. The predicted octanol–water partition coefficient (Wildman–Crippen LogP) is 0.243. The first-order valence-corrected chi connectivity index (χ1v) is 6.87. The minimum absolute atomic E-state index is 0.0595. The summed E-state index contributed by atoms with van der Waals surface area (Å²) in [6.07, 6.45) is 4.38. The number of aliphatic hydroxyl groups excluding tert-OH is 1. The zero-order valence-electron chi connectivity index (χ0n) is 10.7. The summed E-state index contributed by atoms with van der Waals surface area (Å²) in [7, 11) is 0. The number of aliphatic hydroxyl groups is 1. The molecule has 1 saturated heterocycles. The first-order chi connectivity index (χ1) is 8.88. The highest BCUT2D eigenvalue weighted by Gasteiger charge is 2.22. The lowest BCUT2D eigenvalue weighted by molar-refractivity contribution is 0.0760. The number of fused-ring (bicyclic) bond motifs is 1. The van der Waals surface area contributed by atoms with Crippen molar-refractivity contribution in [3.63, 3.8) is 0 Å². The van der Waals surface area contributed by atoms with Crippen LogP contribution in [0.3, 0.4) is 0 Å². The van der Waals surface area contributed by atoms with Crippen molar-refractivity contribution < 1.29 is 9.84 Å². The SMILES string of the molecule is OCc1nc(CC2COCCN2)n2c1CCCC2. The van der Waals surface area contributed by atoms with Gasteiger partial charge >= 0.3 is 0 Å². The molecule has 0 bridgehead atoms. The van der Waals surface area contributed by atoms with E-state index >= 15 is 0 Å². The lowest BCUT2D eigenvalue weighted by Gasteiger charge is -2.24. The molecule has 1 aromatic heterocycles. The molecular weight excluding hydrogens is 230 g/mol. The minimum Gasteiger partial charge on any atom is -0.390 e. The van der Waals surface area contributed by atoms with E-state index in [-0.39, 0.29) is 6.61 Å². The molecule has 2 aliphatic rings. The van der Waals surface area contributed by atoms with E-state index < -0.39 is 0 Å². The lowest BCUT2D eigenvalue weighted by atomic mass is 10.1. The van der Waals surface area contributed by atoms with Gasteiger partial charge in [0.05, 0.1) is 25.5 Å². The van der Waals surface area contributed by atoms with Crippen LogP contribution in [0.25, 0.3) is 0 Å². The molecule has 0 saturated carbocycles. The van der Waals surface area contributed by atoms with Crippen molar-refractivity contribution in [3.8, 4) is 0 Å². The summed E-state index contributed by atoms with van der Waals surface area (Å²) in [5.41, 5.74) is 2.12. The Bertz CT molecular complexity index is 411. The molecule has 3 rings (SSSR count). The molecule has 1 fully saturated rings. The Labute approximate surface area is 107 Å². The fraction of sp³-hybridized carbons (Fsp3) is 0.769. The number of morpholine rings is 1. The highest BCUT2D eigenvalue weighted by Crippen LogP contribution is 2.22. The number of nitrogens with one attached hydrogen (secondary N) is 1. The number of aromatic nitrogens is 2. The highest BCUT2D eigenvalue weighted by molar-refractivity contribution is 5.19. The largest absolute Gasteiger partial charge is 0.390 e. The Morgan fingerprint density at radius 3 is 3.17 bits per heavy atom. The molecule has 0 aliphatic carbocycles. The van der Waals surface area contributed by atoms with E-state index in [0.29, 0.717) is 6.04 Å². The van der Waals surface area contributed by atoms with Crippen LogP contribution in [-0.4, -0.2) is 40.5 Å². The Balaban J connectivity index is 1.80. The van der Waals surface area contributed by atoms with Gasteiger partial charge in [-0.25, -0.2) is 4.98 Å². The average molecular weight is 251 g/mol. The van der Waals surface area contributed by atoms with E-state index in [2.05, 4.69) is 14.9 Å². The van der Waals surface area contributed by atoms with Crippen LogP contribution in [0, 0.1) is 0 Å². The molecule has 5 nitrogen and oxygen atoms in total. The minimum atomic E-state index is 0.0595. The van der Waals surface area contributed by atoms with Gasteiger partial charge < -0.3 is 19.7 Å². The molecular formula is C13H21N3O2. The van der Waals surface area contributed by atoms with Crippen molar-refractivity contribution in [2.75, 3.05) is 19.8 Å². The number of hydrogen-bond acceptors (Lipinski definition) is 4. The molecule has 0 amide bonds. The van der Waals surface area contributed by atoms with E-state index in [9.17, 15) is 5.11 Å². The molecule has 0 radical (unpaired) electrons. The topological polar surface area (TPSA) is 59.3 Å². The van der Waals surface area contributed by atoms with Crippen LogP contribution < -0.4 is 5.32 Å². The van der Waals surface area contributed by atoms with Gasteiger partial charge in [0.2, 0.25) is 0 Å².